The fourth-order valence-corrected chi connectivity index (χ4v) is 0.865. The van der Waals surface area contributed by atoms with E-state index in [0.717, 1.165) is 0 Å². The summed E-state index contributed by atoms with van der Waals surface area (Å²) >= 11 is 0. The van der Waals surface area contributed by atoms with Gasteiger partial charge in [-0.3, -0.25) is 0 Å². The van der Waals surface area contributed by atoms with Crippen molar-refractivity contribution < 1.29 is 13.7 Å². The Kier molecular flexibility index (Phi) is 2.45. The van der Waals surface area contributed by atoms with Gasteiger partial charge in [0.15, 0.2) is 11.9 Å². The monoisotopic (exact) mass is 204 g/mol. The maximum Gasteiger partial charge on any atom is 0.388 e. The third-order valence-corrected chi connectivity index (χ3v) is 1.58. The van der Waals surface area contributed by atoms with Gasteiger partial charge >= 0.3 is 5.82 Å². The van der Waals surface area contributed by atoms with Crippen LogP contribution in [-0.4, -0.2) is 9.91 Å². The average molecular weight is 204 g/mol. The lowest BCUT2D eigenvalue weighted by Crippen LogP contribution is -2.06. The molecule has 0 aromatic carbocycles. The van der Waals surface area contributed by atoms with Crippen LogP contribution in [-0.2, 0) is 0 Å². The molecule has 6 nitrogen and oxygen atoms in total. The number of alkyl halides is 2. The van der Waals surface area contributed by atoms with Crippen molar-refractivity contribution in [3.8, 4) is 0 Å². The van der Waals surface area contributed by atoms with Crippen molar-refractivity contribution in [2.24, 2.45) is 0 Å². The van der Waals surface area contributed by atoms with E-state index in [4.69, 9.17) is 11.5 Å². The summed E-state index contributed by atoms with van der Waals surface area (Å²) in [5.41, 5.74) is 8.70. The summed E-state index contributed by atoms with van der Waals surface area (Å²) in [5, 5.41) is 10.3. The van der Waals surface area contributed by atoms with E-state index in [2.05, 4.69) is 4.98 Å². The van der Waals surface area contributed by atoms with Gasteiger partial charge in [0.1, 0.15) is 0 Å². The third kappa shape index (κ3) is 1.53. The summed E-state index contributed by atoms with van der Waals surface area (Å²) in [6.45, 7) is 0. The molecule has 0 fully saturated rings. The fourth-order valence-electron chi connectivity index (χ4n) is 0.865. The van der Waals surface area contributed by atoms with E-state index in [9.17, 15) is 18.9 Å². The summed E-state index contributed by atoms with van der Waals surface area (Å²) in [6, 6.07) is 0. The average Bonchev–Trinajstić information content (AvgIpc) is 2.08. The molecule has 76 valence electrons. The van der Waals surface area contributed by atoms with Crippen molar-refractivity contribution in [1.29, 1.82) is 0 Å². The molecule has 0 atom stereocenters. The summed E-state index contributed by atoms with van der Waals surface area (Å²) in [4.78, 5) is 12.6. The van der Waals surface area contributed by atoms with Gasteiger partial charge in [0.05, 0.1) is 11.3 Å². The Morgan fingerprint density at radius 2 is 2.00 bits per heavy atom. The number of nitro groups is 1. The Hall–Kier alpha value is -1.99. The summed E-state index contributed by atoms with van der Waals surface area (Å²) in [5.74, 6) is -0.716. The van der Waals surface area contributed by atoms with E-state index in [-0.39, 0.29) is 0 Å². The topological polar surface area (TPSA) is 108 Å². The Balaban J connectivity index is 3.33. The molecule has 14 heavy (non-hydrogen) atoms. The zero-order valence-electron chi connectivity index (χ0n) is 6.78. The molecule has 0 aliphatic carbocycles. The van der Waals surface area contributed by atoms with Crippen LogP contribution in [0.5, 0.6) is 0 Å². The van der Waals surface area contributed by atoms with Crippen molar-refractivity contribution in [3.05, 3.63) is 21.9 Å². The first-order chi connectivity index (χ1) is 6.45. The minimum atomic E-state index is -2.86. The highest BCUT2D eigenvalue weighted by atomic mass is 19.3. The van der Waals surface area contributed by atoms with Crippen molar-refractivity contribution in [2.45, 2.75) is 6.43 Å². The number of hydrogen-bond donors (Lipinski definition) is 2. The number of pyridine rings is 1. The summed E-state index contributed by atoms with van der Waals surface area (Å²) in [7, 11) is 0. The van der Waals surface area contributed by atoms with Crippen LogP contribution < -0.4 is 11.5 Å². The molecule has 1 aromatic heterocycles. The van der Waals surface area contributed by atoms with Crippen LogP contribution >= 0.6 is 0 Å². The lowest BCUT2D eigenvalue weighted by Gasteiger charge is -2.04. The van der Waals surface area contributed by atoms with E-state index >= 15 is 0 Å². The molecule has 4 N–H and O–H groups in total. The van der Waals surface area contributed by atoms with Crippen LogP contribution in [0.1, 0.15) is 12.0 Å². The van der Waals surface area contributed by atoms with E-state index in [0.29, 0.717) is 6.20 Å². The van der Waals surface area contributed by atoms with Crippen molar-refractivity contribution in [3.63, 3.8) is 0 Å². The van der Waals surface area contributed by atoms with Gasteiger partial charge in [-0.25, -0.2) is 8.78 Å². The summed E-state index contributed by atoms with van der Waals surface area (Å²) in [6.07, 6.45) is -2.21. The Morgan fingerprint density at radius 3 is 2.43 bits per heavy atom. The van der Waals surface area contributed by atoms with Crippen molar-refractivity contribution in [2.75, 3.05) is 11.5 Å². The van der Waals surface area contributed by atoms with E-state index in [1.807, 2.05) is 0 Å². The minimum Gasteiger partial charge on any atom is -0.396 e. The largest absolute Gasteiger partial charge is 0.396 e. The van der Waals surface area contributed by atoms with Crippen LogP contribution in [0.3, 0.4) is 0 Å². The highest BCUT2D eigenvalue weighted by Crippen LogP contribution is 2.32. The number of rotatable bonds is 2. The number of aromatic nitrogens is 1. The molecule has 1 rings (SSSR count). The molecule has 0 bridgehead atoms. The molecule has 1 heterocycles. The number of nitrogens with zero attached hydrogens (tertiary/aromatic N) is 2. The van der Waals surface area contributed by atoms with Crippen LogP contribution in [0, 0.1) is 10.1 Å². The zero-order valence-corrected chi connectivity index (χ0v) is 6.78. The standard InChI is InChI=1S/C6H6F2N4O2/c7-5(8)2-1-11-6(12(13)14)4(10)3(2)9/h1,5H,10H2,(H2,9,11). The molecule has 0 aliphatic heterocycles. The molecule has 1 aromatic rings. The molecular weight excluding hydrogens is 198 g/mol. The lowest BCUT2D eigenvalue weighted by atomic mass is 10.2. The van der Waals surface area contributed by atoms with Gasteiger partial charge in [0, 0.05) is 0 Å². The molecule has 0 aliphatic rings. The van der Waals surface area contributed by atoms with Crippen LogP contribution in [0.25, 0.3) is 0 Å². The quantitative estimate of drug-likeness (QED) is 0.553. The minimum absolute atomic E-state index is 0.498. The highest BCUT2D eigenvalue weighted by molar-refractivity contribution is 5.74. The van der Waals surface area contributed by atoms with Crippen molar-refractivity contribution >= 4 is 17.2 Å². The first-order valence-corrected chi connectivity index (χ1v) is 3.41. The first-order valence-electron chi connectivity index (χ1n) is 3.41. The van der Waals surface area contributed by atoms with Gasteiger partial charge in [0.2, 0.25) is 0 Å². The predicted octanol–water partition coefficient (Wildman–Crippen LogP) is 1.09. The number of hydrogen-bond acceptors (Lipinski definition) is 5. The molecule has 0 radical (unpaired) electrons. The zero-order chi connectivity index (χ0) is 10.9. The Labute approximate surface area is 76.7 Å². The number of halogens is 2. The Bertz CT molecular complexity index is 382. The van der Waals surface area contributed by atoms with Gasteiger partial charge in [-0.1, -0.05) is 0 Å². The second kappa shape index (κ2) is 3.40. The van der Waals surface area contributed by atoms with Gasteiger partial charge in [-0.15, -0.1) is 0 Å². The summed E-state index contributed by atoms with van der Waals surface area (Å²) < 4.78 is 24.4. The number of anilines is 2. The van der Waals surface area contributed by atoms with E-state index in [1.54, 1.807) is 0 Å². The van der Waals surface area contributed by atoms with Crippen LogP contribution in [0.15, 0.2) is 6.20 Å². The van der Waals surface area contributed by atoms with Crippen molar-refractivity contribution in [1.82, 2.24) is 4.98 Å². The molecule has 0 amide bonds. The lowest BCUT2D eigenvalue weighted by molar-refractivity contribution is -0.388. The molecular formula is C6H6F2N4O2. The molecule has 0 unspecified atom stereocenters. The first kappa shape index (κ1) is 10.1. The van der Waals surface area contributed by atoms with Crippen LogP contribution in [0.2, 0.25) is 0 Å². The second-order valence-corrected chi connectivity index (χ2v) is 2.42. The van der Waals surface area contributed by atoms with Gasteiger partial charge in [-0.2, -0.15) is 0 Å². The second-order valence-electron chi connectivity index (χ2n) is 2.42. The maximum atomic E-state index is 12.2. The smallest absolute Gasteiger partial charge is 0.388 e. The predicted molar refractivity (Wildman–Crippen MR) is 44.7 cm³/mol. The van der Waals surface area contributed by atoms with E-state index < -0.39 is 34.1 Å². The molecule has 0 spiro atoms. The SMILES string of the molecule is Nc1c(C(F)F)cnc([N+](=O)[O-])c1N. The van der Waals surface area contributed by atoms with E-state index in [1.165, 1.54) is 0 Å². The van der Waals surface area contributed by atoms with Gasteiger partial charge < -0.3 is 21.6 Å². The highest BCUT2D eigenvalue weighted by Gasteiger charge is 2.23. The van der Waals surface area contributed by atoms with Crippen LogP contribution in [0.4, 0.5) is 26.0 Å². The normalized spacial score (nSPS) is 10.5. The van der Waals surface area contributed by atoms with Gasteiger partial charge in [0.25, 0.3) is 6.43 Å². The van der Waals surface area contributed by atoms with Gasteiger partial charge in [-0.05, 0) is 9.91 Å². The number of nitrogens with two attached hydrogens (primary N) is 2. The fraction of sp³-hybridized carbons (Fsp3) is 0.167. The third-order valence-electron chi connectivity index (χ3n) is 1.58. The molecule has 0 saturated heterocycles. The molecule has 0 saturated carbocycles. The Morgan fingerprint density at radius 1 is 1.43 bits per heavy atom. The maximum absolute atomic E-state index is 12.2. The molecule has 8 heteroatoms. The number of nitrogen functional groups attached to an aromatic ring is 2.